The fourth-order valence-corrected chi connectivity index (χ4v) is 3.29. The van der Waals surface area contributed by atoms with Gasteiger partial charge in [-0.05, 0) is 25.7 Å². The fourth-order valence-electron chi connectivity index (χ4n) is 2.61. The Balaban J connectivity index is 1.52. The molecule has 1 aliphatic rings. The summed E-state index contributed by atoms with van der Waals surface area (Å²) in [5.41, 5.74) is 1.18. The van der Waals surface area contributed by atoms with Gasteiger partial charge in [0.25, 0.3) is 5.91 Å². The van der Waals surface area contributed by atoms with Crippen LogP contribution in [0.3, 0.4) is 0 Å². The Kier molecular flexibility index (Phi) is 4.62. The number of aryl methyl sites for hydroxylation is 1. The monoisotopic (exact) mass is 317 g/mol. The number of aromatic nitrogens is 3. The van der Waals surface area contributed by atoms with E-state index in [1.807, 2.05) is 18.5 Å². The van der Waals surface area contributed by atoms with Gasteiger partial charge in [-0.15, -0.1) is 11.3 Å². The summed E-state index contributed by atoms with van der Waals surface area (Å²) in [5, 5.41) is 6.04. The number of amides is 1. The van der Waals surface area contributed by atoms with Gasteiger partial charge in [0.15, 0.2) is 5.13 Å². The molecule has 22 heavy (non-hydrogen) atoms. The normalized spacial score (nSPS) is 18.2. The first-order valence-corrected chi connectivity index (χ1v) is 8.31. The molecule has 0 aliphatic carbocycles. The SMILES string of the molecule is Cc1cnc(C(=O)NC[C@@H]2CCCN(c3nccs3)C2)cn1. The Hall–Kier alpha value is -2.02. The molecule has 0 saturated carbocycles. The van der Waals surface area contributed by atoms with E-state index < -0.39 is 0 Å². The number of nitrogens with one attached hydrogen (secondary N) is 1. The summed E-state index contributed by atoms with van der Waals surface area (Å²) < 4.78 is 0. The first-order valence-electron chi connectivity index (χ1n) is 7.43. The Morgan fingerprint density at radius 2 is 2.32 bits per heavy atom. The van der Waals surface area contributed by atoms with Gasteiger partial charge in [-0.2, -0.15) is 0 Å². The van der Waals surface area contributed by atoms with Crippen molar-refractivity contribution in [3.05, 3.63) is 35.4 Å². The van der Waals surface area contributed by atoms with E-state index in [1.54, 1.807) is 17.5 Å². The third-order valence-electron chi connectivity index (χ3n) is 3.77. The van der Waals surface area contributed by atoms with Crippen molar-refractivity contribution in [3.63, 3.8) is 0 Å². The summed E-state index contributed by atoms with van der Waals surface area (Å²) >= 11 is 1.66. The number of hydrogen-bond donors (Lipinski definition) is 1. The van der Waals surface area contributed by atoms with E-state index >= 15 is 0 Å². The second kappa shape index (κ2) is 6.83. The van der Waals surface area contributed by atoms with Gasteiger partial charge in [0.05, 0.1) is 11.9 Å². The third kappa shape index (κ3) is 3.59. The van der Waals surface area contributed by atoms with Gasteiger partial charge in [0, 0.05) is 37.4 Å². The van der Waals surface area contributed by atoms with Gasteiger partial charge in [-0.1, -0.05) is 0 Å². The standard InChI is InChI=1S/C15H19N5OS/c1-11-7-18-13(9-17-11)14(21)19-8-12-3-2-5-20(10-12)15-16-4-6-22-15/h4,6-7,9,12H,2-3,5,8,10H2,1H3,(H,19,21)/t12-/m0/s1. The average molecular weight is 317 g/mol. The van der Waals surface area contributed by atoms with E-state index in [1.165, 1.54) is 6.20 Å². The van der Waals surface area contributed by atoms with E-state index in [0.29, 0.717) is 18.2 Å². The molecule has 1 amide bonds. The number of piperidine rings is 1. The highest BCUT2D eigenvalue weighted by molar-refractivity contribution is 7.13. The van der Waals surface area contributed by atoms with Crippen molar-refractivity contribution in [2.45, 2.75) is 19.8 Å². The van der Waals surface area contributed by atoms with Crippen molar-refractivity contribution < 1.29 is 4.79 Å². The maximum absolute atomic E-state index is 12.1. The van der Waals surface area contributed by atoms with Crippen LogP contribution in [-0.4, -0.2) is 40.5 Å². The quantitative estimate of drug-likeness (QED) is 0.932. The number of rotatable bonds is 4. The molecule has 3 heterocycles. The van der Waals surface area contributed by atoms with Gasteiger partial charge in [-0.3, -0.25) is 9.78 Å². The molecule has 116 valence electrons. The lowest BCUT2D eigenvalue weighted by molar-refractivity contribution is 0.0940. The molecule has 0 unspecified atom stereocenters. The summed E-state index contributed by atoms with van der Waals surface area (Å²) in [6.45, 7) is 4.49. The Labute approximate surface area is 133 Å². The van der Waals surface area contributed by atoms with Gasteiger partial charge >= 0.3 is 0 Å². The van der Waals surface area contributed by atoms with Crippen molar-refractivity contribution in [3.8, 4) is 0 Å². The lowest BCUT2D eigenvalue weighted by Gasteiger charge is -2.32. The van der Waals surface area contributed by atoms with Crippen molar-refractivity contribution in [1.29, 1.82) is 0 Å². The molecule has 1 N–H and O–H groups in total. The van der Waals surface area contributed by atoms with Crippen LogP contribution in [-0.2, 0) is 0 Å². The molecule has 1 fully saturated rings. The highest BCUT2D eigenvalue weighted by Gasteiger charge is 2.22. The molecule has 6 nitrogen and oxygen atoms in total. The van der Waals surface area contributed by atoms with Crippen LogP contribution in [0.2, 0.25) is 0 Å². The van der Waals surface area contributed by atoms with Crippen LogP contribution in [0.15, 0.2) is 24.0 Å². The number of thiazole rings is 1. The minimum absolute atomic E-state index is 0.154. The zero-order valence-electron chi connectivity index (χ0n) is 12.5. The minimum Gasteiger partial charge on any atom is -0.350 e. The van der Waals surface area contributed by atoms with Gasteiger partial charge < -0.3 is 10.2 Å². The van der Waals surface area contributed by atoms with Crippen LogP contribution in [0.5, 0.6) is 0 Å². The van der Waals surface area contributed by atoms with Gasteiger partial charge in [-0.25, -0.2) is 9.97 Å². The van der Waals surface area contributed by atoms with Crippen LogP contribution in [0.25, 0.3) is 0 Å². The lowest BCUT2D eigenvalue weighted by Crippen LogP contribution is -2.41. The fraction of sp³-hybridized carbons (Fsp3) is 0.467. The predicted octanol–water partition coefficient (Wildman–Crippen LogP) is 1.89. The van der Waals surface area contributed by atoms with Crippen LogP contribution in [0, 0.1) is 12.8 Å². The Morgan fingerprint density at radius 1 is 1.41 bits per heavy atom. The van der Waals surface area contributed by atoms with Crippen LogP contribution in [0.1, 0.15) is 29.0 Å². The van der Waals surface area contributed by atoms with Gasteiger partial charge in [0.1, 0.15) is 5.69 Å². The molecule has 0 aromatic carbocycles. The van der Waals surface area contributed by atoms with Crippen molar-refractivity contribution in [2.75, 3.05) is 24.5 Å². The van der Waals surface area contributed by atoms with E-state index in [-0.39, 0.29) is 5.91 Å². The predicted molar refractivity (Wildman–Crippen MR) is 86.2 cm³/mol. The number of nitrogens with zero attached hydrogens (tertiary/aromatic N) is 4. The summed E-state index contributed by atoms with van der Waals surface area (Å²) in [5.74, 6) is 0.291. The van der Waals surface area contributed by atoms with Crippen molar-refractivity contribution >= 4 is 22.4 Å². The molecule has 0 bridgehead atoms. The van der Waals surface area contributed by atoms with Crippen LogP contribution in [0.4, 0.5) is 5.13 Å². The number of anilines is 1. The summed E-state index contributed by atoms with van der Waals surface area (Å²) in [7, 11) is 0. The topological polar surface area (TPSA) is 71.0 Å². The second-order valence-corrected chi connectivity index (χ2v) is 6.40. The smallest absolute Gasteiger partial charge is 0.271 e. The molecular formula is C15H19N5OS. The van der Waals surface area contributed by atoms with Crippen LogP contribution < -0.4 is 10.2 Å². The number of hydrogen-bond acceptors (Lipinski definition) is 6. The molecule has 2 aromatic rings. The maximum atomic E-state index is 12.1. The summed E-state index contributed by atoms with van der Waals surface area (Å²) in [6.07, 6.45) is 7.22. The molecule has 7 heteroatoms. The van der Waals surface area contributed by atoms with E-state index in [0.717, 1.165) is 36.8 Å². The minimum atomic E-state index is -0.154. The Bertz CT molecular complexity index is 613. The first-order chi connectivity index (χ1) is 10.7. The molecule has 1 aliphatic heterocycles. The molecule has 0 radical (unpaired) electrons. The van der Waals surface area contributed by atoms with E-state index in [4.69, 9.17) is 0 Å². The lowest BCUT2D eigenvalue weighted by atomic mass is 9.98. The second-order valence-electron chi connectivity index (χ2n) is 5.52. The molecule has 0 spiro atoms. The molecule has 3 rings (SSSR count). The molecule has 1 atom stereocenters. The average Bonchev–Trinajstić information content (AvgIpc) is 3.08. The Morgan fingerprint density at radius 3 is 3.05 bits per heavy atom. The third-order valence-corrected chi connectivity index (χ3v) is 4.61. The van der Waals surface area contributed by atoms with E-state index in [2.05, 4.69) is 25.2 Å². The largest absolute Gasteiger partial charge is 0.350 e. The molecular weight excluding hydrogens is 298 g/mol. The maximum Gasteiger partial charge on any atom is 0.271 e. The van der Waals surface area contributed by atoms with Crippen molar-refractivity contribution in [2.24, 2.45) is 5.92 Å². The first kappa shape index (κ1) is 14.9. The summed E-state index contributed by atoms with van der Waals surface area (Å²) in [4.78, 5) is 26.9. The zero-order chi connectivity index (χ0) is 15.4. The molecule has 2 aromatic heterocycles. The number of carbonyl (C=O) groups is 1. The van der Waals surface area contributed by atoms with Gasteiger partial charge in [0.2, 0.25) is 0 Å². The zero-order valence-corrected chi connectivity index (χ0v) is 13.3. The highest BCUT2D eigenvalue weighted by atomic mass is 32.1. The number of carbonyl (C=O) groups excluding carboxylic acids is 1. The van der Waals surface area contributed by atoms with Crippen LogP contribution >= 0.6 is 11.3 Å². The summed E-state index contributed by atoms with van der Waals surface area (Å²) in [6, 6.07) is 0. The van der Waals surface area contributed by atoms with Crippen molar-refractivity contribution in [1.82, 2.24) is 20.3 Å². The van der Waals surface area contributed by atoms with E-state index in [9.17, 15) is 4.79 Å². The highest BCUT2D eigenvalue weighted by Crippen LogP contribution is 2.24. The molecule has 1 saturated heterocycles.